The molecule has 0 saturated heterocycles. The van der Waals surface area contributed by atoms with Gasteiger partial charge in [-0.15, -0.1) is 0 Å². The van der Waals surface area contributed by atoms with Gasteiger partial charge in [0.1, 0.15) is 0 Å². The van der Waals surface area contributed by atoms with Crippen molar-refractivity contribution in [2.45, 2.75) is 13.8 Å². The second-order valence-electron chi connectivity index (χ2n) is 2.83. The highest BCUT2D eigenvalue weighted by molar-refractivity contribution is 5.51. The molecule has 11 heavy (non-hydrogen) atoms. The molecule has 0 aliphatic rings. The molecule has 2 heteroatoms. The molecule has 0 atom stereocenters. The zero-order chi connectivity index (χ0) is 7.84. The van der Waals surface area contributed by atoms with Gasteiger partial charge < -0.3 is 4.40 Å². The highest BCUT2D eigenvalue weighted by atomic mass is 15.0. The number of imidazole rings is 1. The van der Waals surface area contributed by atoms with E-state index in [0.717, 1.165) is 5.69 Å². The van der Waals surface area contributed by atoms with Crippen LogP contribution in [-0.2, 0) is 0 Å². The quantitative estimate of drug-likeness (QED) is 0.555. The molecule has 2 aromatic heterocycles. The Labute approximate surface area is 65.5 Å². The fourth-order valence-electron chi connectivity index (χ4n) is 1.25. The monoisotopic (exact) mass is 146 g/mol. The van der Waals surface area contributed by atoms with Crippen molar-refractivity contribution in [2.24, 2.45) is 0 Å². The lowest BCUT2D eigenvalue weighted by molar-refractivity contribution is 1.13. The predicted molar refractivity (Wildman–Crippen MR) is 44.7 cm³/mol. The smallest absolute Gasteiger partial charge is 0.0995 e. The molecule has 0 aliphatic carbocycles. The first-order chi connectivity index (χ1) is 5.27. The third kappa shape index (κ3) is 0.909. The van der Waals surface area contributed by atoms with E-state index in [9.17, 15) is 0 Å². The topological polar surface area (TPSA) is 17.3 Å². The van der Waals surface area contributed by atoms with Crippen molar-refractivity contribution in [2.75, 3.05) is 0 Å². The van der Waals surface area contributed by atoms with E-state index >= 15 is 0 Å². The van der Waals surface area contributed by atoms with Gasteiger partial charge in [-0.1, -0.05) is 6.07 Å². The summed E-state index contributed by atoms with van der Waals surface area (Å²) in [6.07, 6.45) is 3.92. The first-order valence-electron chi connectivity index (χ1n) is 3.67. The Balaban J connectivity index is 2.86. The van der Waals surface area contributed by atoms with Crippen molar-refractivity contribution in [3.63, 3.8) is 0 Å². The Morgan fingerprint density at radius 1 is 1.27 bits per heavy atom. The van der Waals surface area contributed by atoms with Crippen LogP contribution < -0.4 is 0 Å². The van der Waals surface area contributed by atoms with Crippen LogP contribution in [0, 0.1) is 13.8 Å². The first kappa shape index (κ1) is 6.40. The van der Waals surface area contributed by atoms with Gasteiger partial charge in [0.15, 0.2) is 0 Å². The first-order valence-corrected chi connectivity index (χ1v) is 3.67. The maximum atomic E-state index is 4.20. The lowest BCUT2D eigenvalue weighted by atomic mass is 10.3. The van der Waals surface area contributed by atoms with Crippen LogP contribution in [0.1, 0.15) is 11.3 Å². The molecular weight excluding hydrogens is 136 g/mol. The van der Waals surface area contributed by atoms with Gasteiger partial charge >= 0.3 is 0 Å². The van der Waals surface area contributed by atoms with Crippen LogP contribution in [0.15, 0.2) is 24.7 Å². The van der Waals surface area contributed by atoms with Gasteiger partial charge in [-0.25, -0.2) is 4.98 Å². The summed E-state index contributed by atoms with van der Waals surface area (Å²) in [4.78, 5) is 4.20. The molecule has 2 nitrogen and oxygen atoms in total. The Morgan fingerprint density at radius 3 is 2.91 bits per heavy atom. The number of pyridine rings is 1. The molecule has 0 aromatic carbocycles. The highest BCUT2D eigenvalue weighted by Crippen LogP contribution is 2.08. The zero-order valence-electron chi connectivity index (χ0n) is 6.70. The van der Waals surface area contributed by atoms with Crippen molar-refractivity contribution in [3.05, 3.63) is 35.9 Å². The molecule has 0 spiro atoms. The summed E-state index contributed by atoms with van der Waals surface area (Å²) >= 11 is 0. The maximum Gasteiger partial charge on any atom is 0.0995 e. The normalized spacial score (nSPS) is 10.7. The van der Waals surface area contributed by atoms with Crippen LogP contribution >= 0.6 is 0 Å². The van der Waals surface area contributed by atoms with Gasteiger partial charge in [0.05, 0.1) is 17.5 Å². The van der Waals surface area contributed by atoms with Crippen molar-refractivity contribution in [3.8, 4) is 0 Å². The SMILES string of the molecule is Cc1ccc2c(C)ncn2c1. The summed E-state index contributed by atoms with van der Waals surface area (Å²) < 4.78 is 2.05. The average molecular weight is 146 g/mol. The number of hydrogen-bond donors (Lipinski definition) is 0. The van der Waals surface area contributed by atoms with E-state index in [1.807, 2.05) is 17.7 Å². The maximum absolute atomic E-state index is 4.20. The minimum absolute atomic E-state index is 1.09. The molecule has 0 radical (unpaired) electrons. The van der Waals surface area contributed by atoms with Crippen LogP contribution in [0.2, 0.25) is 0 Å². The van der Waals surface area contributed by atoms with Crippen molar-refractivity contribution in [1.82, 2.24) is 9.38 Å². The van der Waals surface area contributed by atoms with Crippen LogP contribution in [0.25, 0.3) is 5.52 Å². The Bertz CT molecular complexity index is 387. The predicted octanol–water partition coefficient (Wildman–Crippen LogP) is 1.95. The van der Waals surface area contributed by atoms with Gasteiger partial charge in [0.25, 0.3) is 0 Å². The lowest BCUT2D eigenvalue weighted by Gasteiger charge is -1.94. The number of rotatable bonds is 0. The van der Waals surface area contributed by atoms with Gasteiger partial charge in [0, 0.05) is 6.20 Å². The van der Waals surface area contributed by atoms with Gasteiger partial charge in [-0.2, -0.15) is 0 Å². The van der Waals surface area contributed by atoms with E-state index in [4.69, 9.17) is 0 Å². The molecular formula is C9H10N2. The third-order valence-corrected chi connectivity index (χ3v) is 1.87. The van der Waals surface area contributed by atoms with Gasteiger partial charge in [-0.3, -0.25) is 0 Å². The fourth-order valence-corrected chi connectivity index (χ4v) is 1.25. The van der Waals surface area contributed by atoms with E-state index in [0.29, 0.717) is 0 Å². The van der Waals surface area contributed by atoms with Crippen LogP contribution in [0.3, 0.4) is 0 Å². The second kappa shape index (κ2) is 2.09. The summed E-state index contributed by atoms with van der Waals surface area (Å²) in [7, 11) is 0. The molecule has 0 fully saturated rings. The van der Waals surface area contributed by atoms with Gasteiger partial charge in [0.2, 0.25) is 0 Å². The number of fused-ring (bicyclic) bond motifs is 1. The summed E-state index contributed by atoms with van der Waals surface area (Å²) in [6, 6.07) is 4.20. The Kier molecular flexibility index (Phi) is 1.22. The van der Waals surface area contributed by atoms with Crippen LogP contribution in [0.5, 0.6) is 0 Å². The Morgan fingerprint density at radius 2 is 2.09 bits per heavy atom. The summed E-state index contributed by atoms with van der Waals surface area (Å²) in [5, 5.41) is 0. The average Bonchev–Trinajstić information content (AvgIpc) is 2.32. The molecule has 2 aromatic rings. The largest absolute Gasteiger partial charge is 0.306 e. The standard InChI is InChI=1S/C9H10N2/c1-7-3-4-9-8(2)10-6-11(9)5-7/h3-6H,1-2H3. The molecule has 0 bridgehead atoms. The molecule has 2 heterocycles. The number of aromatic nitrogens is 2. The molecule has 0 saturated carbocycles. The highest BCUT2D eigenvalue weighted by Gasteiger charge is 1.96. The summed E-state index contributed by atoms with van der Waals surface area (Å²) in [6.45, 7) is 4.10. The van der Waals surface area contributed by atoms with Crippen LogP contribution in [-0.4, -0.2) is 9.38 Å². The molecule has 0 unspecified atom stereocenters. The lowest BCUT2D eigenvalue weighted by Crippen LogP contribution is -1.82. The number of hydrogen-bond acceptors (Lipinski definition) is 1. The molecule has 0 amide bonds. The zero-order valence-corrected chi connectivity index (χ0v) is 6.70. The van der Waals surface area contributed by atoms with E-state index in [2.05, 4.69) is 30.2 Å². The third-order valence-electron chi connectivity index (χ3n) is 1.87. The van der Waals surface area contributed by atoms with Crippen LogP contribution in [0.4, 0.5) is 0 Å². The van der Waals surface area contributed by atoms with Crippen molar-refractivity contribution in [1.29, 1.82) is 0 Å². The van der Waals surface area contributed by atoms with E-state index < -0.39 is 0 Å². The molecule has 0 N–H and O–H groups in total. The second-order valence-corrected chi connectivity index (χ2v) is 2.83. The van der Waals surface area contributed by atoms with E-state index in [1.54, 1.807) is 0 Å². The molecule has 0 aliphatic heterocycles. The molecule has 56 valence electrons. The number of nitrogens with zero attached hydrogens (tertiary/aromatic N) is 2. The van der Waals surface area contributed by atoms with Gasteiger partial charge in [-0.05, 0) is 25.5 Å². The molecule has 2 rings (SSSR count). The minimum atomic E-state index is 1.09. The number of aryl methyl sites for hydroxylation is 2. The van der Waals surface area contributed by atoms with Crippen molar-refractivity contribution >= 4 is 5.52 Å². The Hall–Kier alpha value is -1.31. The fraction of sp³-hybridized carbons (Fsp3) is 0.222. The summed E-state index contributed by atoms with van der Waals surface area (Å²) in [5.41, 5.74) is 3.54. The van der Waals surface area contributed by atoms with Crippen molar-refractivity contribution < 1.29 is 0 Å². The summed E-state index contributed by atoms with van der Waals surface area (Å²) in [5.74, 6) is 0. The minimum Gasteiger partial charge on any atom is -0.306 e. The van der Waals surface area contributed by atoms with E-state index in [1.165, 1.54) is 11.1 Å². The van der Waals surface area contributed by atoms with E-state index in [-0.39, 0.29) is 0 Å².